The highest BCUT2D eigenvalue weighted by molar-refractivity contribution is 5.69. The molecular formula is C20H39NO3. The van der Waals surface area contributed by atoms with E-state index in [-0.39, 0.29) is 35.2 Å². The van der Waals surface area contributed by atoms with Gasteiger partial charge in [0.15, 0.2) is 0 Å². The van der Waals surface area contributed by atoms with Crippen molar-refractivity contribution >= 4 is 5.97 Å². The molecule has 0 amide bonds. The SMILES string of the molecule is CC(CC(=O)OC1CC(C)(C)N(CCO)C(C)(C)C1)CC(C)(C)C. The molecule has 1 fully saturated rings. The molecule has 4 nitrogen and oxygen atoms in total. The number of aliphatic hydroxyl groups is 1. The molecule has 4 heteroatoms. The van der Waals surface area contributed by atoms with Crippen LogP contribution in [0.25, 0.3) is 0 Å². The molecule has 1 saturated heterocycles. The van der Waals surface area contributed by atoms with Crippen LogP contribution in [0.5, 0.6) is 0 Å². The number of carbonyl (C=O) groups is 1. The first kappa shape index (κ1) is 21.4. The monoisotopic (exact) mass is 341 g/mol. The molecule has 1 atom stereocenters. The molecule has 24 heavy (non-hydrogen) atoms. The summed E-state index contributed by atoms with van der Waals surface area (Å²) >= 11 is 0. The van der Waals surface area contributed by atoms with Crippen LogP contribution < -0.4 is 0 Å². The number of aliphatic hydroxyl groups excluding tert-OH is 1. The van der Waals surface area contributed by atoms with Gasteiger partial charge >= 0.3 is 5.97 Å². The van der Waals surface area contributed by atoms with E-state index in [4.69, 9.17) is 4.74 Å². The van der Waals surface area contributed by atoms with Crippen LogP contribution >= 0.6 is 0 Å². The zero-order valence-electron chi connectivity index (χ0n) is 17.1. The van der Waals surface area contributed by atoms with E-state index in [0.717, 1.165) is 19.3 Å². The summed E-state index contributed by atoms with van der Waals surface area (Å²) in [6.07, 6.45) is 3.11. The summed E-state index contributed by atoms with van der Waals surface area (Å²) in [7, 11) is 0. The average Bonchev–Trinajstić information content (AvgIpc) is 2.29. The summed E-state index contributed by atoms with van der Waals surface area (Å²) in [4.78, 5) is 14.7. The number of β-amino-alcohol motifs (C(OH)–C–C–N with tert-alkyl or cyclic N) is 1. The molecule has 0 aromatic carbocycles. The van der Waals surface area contributed by atoms with Gasteiger partial charge in [-0.15, -0.1) is 0 Å². The minimum Gasteiger partial charge on any atom is -0.462 e. The fourth-order valence-electron chi connectivity index (χ4n) is 4.65. The van der Waals surface area contributed by atoms with E-state index < -0.39 is 0 Å². The van der Waals surface area contributed by atoms with E-state index in [9.17, 15) is 9.90 Å². The van der Waals surface area contributed by atoms with E-state index in [1.807, 2.05) is 0 Å². The molecule has 142 valence electrons. The Bertz CT molecular complexity index is 405. The van der Waals surface area contributed by atoms with Gasteiger partial charge in [0, 0.05) is 36.9 Å². The predicted molar refractivity (Wildman–Crippen MR) is 98.9 cm³/mol. The Morgan fingerprint density at radius 2 is 1.71 bits per heavy atom. The van der Waals surface area contributed by atoms with E-state index in [1.165, 1.54) is 0 Å². The van der Waals surface area contributed by atoms with Gasteiger partial charge in [-0.25, -0.2) is 0 Å². The first-order valence-corrected chi connectivity index (χ1v) is 9.35. The molecular weight excluding hydrogens is 302 g/mol. The molecule has 1 heterocycles. The van der Waals surface area contributed by atoms with E-state index in [0.29, 0.717) is 18.9 Å². The van der Waals surface area contributed by atoms with Crippen LogP contribution in [-0.2, 0) is 9.53 Å². The van der Waals surface area contributed by atoms with Crippen molar-refractivity contribution in [3.05, 3.63) is 0 Å². The lowest BCUT2D eigenvalue weighted by molar-refractivity contribution is -0.162. The smallest absolute Gasteiger partial charge is 0.306 e. The zero-order valence-corrected chi connectivity index (χ0v) is 17.1. The third-order valence-corrected chi connectivity index (χ3v) is 5.01. The number of ether oxygens (including phenoxy) is 1. The van der Waals surface area contributed by atoms with Gasteiger partial charge in [-0.1, -0.05) is 27.7 Å². The van der Waals surface area contributed by atoms with E-state index in [1.54, 1.807) is 0 Å². The number of piperidine rings is 1. The van der Waals surface area contributed by atoms with Gasteiger partial charge < -0.3 is 9.84 Å². The maximum atomic E-state index is 12.4. The van der Waals surface area contributed by atoms with Gasteiger partial charge in [0.25, 0.3) is 0 Å². The Balaban J connectivity index is 2.65. The molecule has 1 N–H and O–H groups in total. The van der Waals surface area contributed by atoms with Crippen LogP contribution in [0.2, 0.25) is 0 Å². The number of esters is 1. The third kappa shape index (κ3) is 6.36. The quantitative estimate of drug-likeness (QED) is 0.742. The highest BCUT2D eigenvalue weighted by atomic mass is 16.5. The summed E-state index contributed by atoms with van der Waals surface area (Å²) < 4.78 is 5.85. The molecule has 1 aliphatic rings. The van der Waals surface area contributed by atoms with Crippen molar-refractivity contribution in [1.82, 2.24) is 4.90 Å². The van der Waals surface area contributed by atoms with E-state index in [2.05, 4.69) is 60.3 Å². The Hall–Kier alpha value is -0.610. The molecule has 0 aromatic heterocycles. The zero-order chi connectivity index (χ0) is 18.8. The maximum absolute atomic E-state index is 12.4. The van der Waals surface area contributed by atoms with Crippen molar-refractivity contribution in [1.29, 1.82) is 0 Å². The molecule has 0 radical (unpaired) electrons. The number of rotatable bonds is 6. The minimum atomic E-state index is -0.0908. The lowest BCUT2D eigenvalue weighted by atomic mass is 9.78. The topological polar surface area (TPSA) is 49.8 Å². The van der Waals surface area contributed by atoms with Gasteiger partial charge in [0.1, 0.15) is 6.10 Å². The summed E-state index contributed by atoms with van der Waals surface area (Å²) in [5.74, 6) is 0.270. The summed E-state index contributed by atoms with van der Waals surface area (Å²) in [6.45, 7) is 18.2. The van der Waals surface area contributed by atoms with Gasteiger partial charge in [-0.3, -0.25) is 9.69 Å². The highest BCUT2D eigenvalue weighted by Crippen LogP contribution is 2.39. The van der Waals surface area contributed by atoms with Crippen LogP contribution in [0.4, 0.5) is 0 Å². The number of hydrogen-bond donors (Lipinski definition) is 1. The largest absolute Gasteiger partial charge is 0.462 e. The van der Waals surface area contributed by atoms with Gasteiger partial charge in [-0.2, -0.15) is 0 Å². The van der Waals surface area contributed by atoms with Crippen molar-refractivity contribution in [3.63, 3.8) is 0 Å². The molecule has 0 saturated carbocycles. The lowest BCUT2D eigenvalue weighted by Crippen LogP contribution is -2.62. The second-order valence-corrected chi connectivity index (χ2v) is 10.1. The van der Waals surface area contributed by atoms with Crippen molar-refractivity contribution in [2.24, 2.45) is 11.3 Å². The van der Waals surface area contributed by atoms with Crippen LogP contribution in [0.3, 0.4) is 0 Å². The summed E-state index contributed by atoms with van der Waals surface area (Å²) in [6, 6.07) is 0. The van der Waals surface area contributed by atoms with Gasteiger partial charge in [0.05, 0.1) is 6.61 Å². The normalized spacial score (nSPS) is 23.0. The van der Waals surface area contributed by atoms with Crippen LogP contribution in [0.1, 0.15) is 81.1 Å². The first-order chi connectivity index (χ1) is 10.8. The minimum absolute atomic E-state index is 0.0423. The van der Waals surface area contributed by atoms with Crippen molar-refractivity contribution in [2.45, 2.75) is 98.3 Å². The Kier molecular flexibility index (Phi) is 6.91. The third-order valence-electron chi connectivity index (χ3n) is 5.01. The van der Waals surface area contributed by atoms with E-state index >= 15 is 0 Å². The molecule has 0 aromatic rings. The fourth-order valence-corrected chi connectivity index (χ4v) is 4.65. The lowest BCUT2D eigenvalue weighted by Gasteiger charge is -2.54. The van der Waals surface area contributed by atoms with Crippen LogP contribution in [-0.4, -0.2) is 46.3 Å². The molecule has 0 bridgehead atoms. The predicted octanol–water partition coefficient (Wildman–Crippen LogP) is 4.01. The Morgan fingerprint density at radius 3 is 2.12 bits per heavy atom. The van der Waals surface area contributed by atoms with Crippen molar-refractivity contribution in [2.75, 3.05) is 13.2 Å². The number of likely N-dealkylation sites (tertiary alicyclic amines) is 1. The van der Waals surface area contributed by atoms with Crippen molar-refractivity contribution in [3.8, 4) is 0 Å². The molecule has 1 aliphatic heterocycles. The Morgan fingerprint density at radius 1 is 1.21 bits per heavy atom. The molecule has 1 rings (SSSR count). The average molecular weight is 342 g/mol. The number of carbonyl (C=O) groups excluding carboxylic acids is 1. The Labute approximate surface area is 148 Å². The first-order valence-electron chi connectivity index (χ1n) is 9.35. The number of hydrogen-bond acceptors (Lipinski definition) is 4. The van der Waals surface area contributed by atoms with Crippen molar-refractivity contribution < 1.29 is 14.6 Å². The fraction of sp³-hybridized carbons (Fsp3) is 0.950. The molecule has 0 aliphatic carbocycles. The number of nitrogens with zero attached hydrogens (tertiary/aromatic N) is 1. The van der Waals surface area contributed by atoms with Gasteiger partial charge in [-0.05, 0) is 45.4 Å². The summed E-state index contributed by atoms with van der Waals surface area (Å²) in [5.41, 5.74) is 0.0538. The van der Waals surface area contributed by atoms with Crippen LogP contribution in [0.15, 0.2) is 0 Å². The second-order valence-electron chi connectivity index (χ2n) is 10.1. The highest BCUT2D eigenvalue weighted by Gasteiger charge is 2.46. The standard InChI is InChI=1S/C20H39NO3/c1-15(12-18(2,3)4)11-17(23)24-16-13-19(5,6)21(9-10-22)20(7,8)14-16/h15-16,22H,9-14H2,1-8H3. The molecule has 1 unspecified atom stereocenters. The van der Waals surface area contributed by atoms with Gasteiger partial charge in [0.2, 0.25) is 0 Å². The maximum Gasteiger partial charge on any atom is 0.306 e. The summed E-state index contributed by atoms with van der Waals surface area (Å²) in [5, 5.41) is 9.36. The second kappa shape index (κ2) is 7.74. The van der Waals surface area contributed by atoms with Crippen LogP contribution in [0, 0.1) is 11.3 Å². The molecule has 0 spiro atoms.